The first-order valence-electron chi connectivity index (χ1n) is 9.59. The molecule has 30 heavy (non-hydrogen) atoms. The van der Waals surface area contributed by atoms with Crippen molar-refractivity contribution in [3.05, 3.63) is 60.4 Å². The Morgan fingerprint density at radius 1 is 1.17 bits per heavy atom. The standard InChI is InChI=1S/C20H22BrClN4O4/c1-3-4-5-10-30-15(27)12-26-18(28)16-17(24(2)20(26)29)23-19(21)25(16)11-13-6-8-14(22)9-7-13/h6-9H,3-5,10-12H2,1-2H3. The van der Waals surface area contributed by atoms with Gasteiger partial charge >= 0.3 is 11.7 Å². The summed E-state index contributed by atoms with van der Waals surface area (Å²) < 4.78 is 9.36. The van der Waals surface area contributed by atoms with Crippen molar-refractivity contribution in [2.75, 3.05) is 6.61 Å². The molecule has 1 aromatic carbocycles. The Kier molecular flexibility index (Phi) is 7.14. The molecule has 0 amide bonds. The number of unbranched alkanes of at least 4 members (excludes halogenated alkanes) is 2. The van der Waals surface area contributed by atoms with Crippen molar-refractivity contribution in [1.82, 2.24) is 18.7 Å². The Morgan fingerprint density at radius 3 is 2.53 bits per heavy atom. The summed E-state index contributed by atoms with van der Waals surface area (Å²) >= 11 is 9.31. The van der Waals surface area contributed by atoms with E-state index < -0.39 is 23.8 Å². The molecule has 10 heteroatoms. The van der Waals surface area contributed by atoms with Crippen molar-refractivity contribution in [3.63, 3.8) is 0 Å². The van der Waals surface area contributed by atoms with E-state index in [0.717, 1.165) is 29.4 Å². The molecule has 0 spiro atoms. The van der Waals surface area contributed by atoms with Crippen molar-refractivity contribution in [1.29, 1.82) is 0 Å². The molecule has 0 aliphatic rings. The summed E-state index contributed by atoms with van der Waals surface area (Å²) in [6.07, 6.45) is 2.69. The number of esters is 1. The number of hydrogen-bond donors (Lipinski definition) is 0. The van der Waals surface area contributed by atoms with Crippen LogP contribution in [-0.4, -0.2) is 31.3 Å². The van der Waals surface area contributed by atoms with Gasteiger partial charge in [-0.2, -0.15) is 0 Å². The van der Waals surface area contributed by atoms with Gasteiger partial charge in [-0.05, 0) is 40.0 Å². The van der Waals surface area contributed by atoms with Gasteiger partial charge in [0.2, 0.25) is 0 Å². The average molecular weight is 498 g/mol. The maximum absolute atomic E-state index is 13.1. The Bertz CT molecular complexity index is 1180. The van der Waals surface area contributed by atoms with E-state index in [-0.39, 0.29) is 17.8 Å². The third-order valence-electron chi connectivity index (χ3n) is 4.74. The van der Waals surface area contributed by atoms with Gasteiger partial charge in [0, 0.05) is 12.1 Å². The van der Waals surface area contributed by atoms with Gasteiger partial charge < -0.3 is 9.30 Å². The van der Waals surface area contributed by atoms with Gasteiger partial charge in [-0.1, -0.05) is 43.5 Å². The number of halogens is 2. The Labute approximate surface area is 186 Å². The Morgan fingerprint density at radius 2 is 1.87 bits per heavy atom. The van der Waals surface area contributed by atoms with Crippen molar-refractivity contribution >= 4 is 44.7 Å². The van der Waals surface area contributed by atoms with Gasteiger partial charge in [0.25, 0.3) is 5.56 Å². The lowest BCUT2D eigenvalue weighted by Crippen LogP contribution is -2.41. The van der Waals surface area contributed by atoms with Gasteiger partial charge in [-0.25, -0.2) is 14.3 Å². The number of hydrogen-bond acceptors (Lipinski definition) is 5. The zero-order valence-electron chi connectivity index (χ0n) is 16.7. The number of nitrogens with zero attached hydrogens (tertiary/aromatic N) is 4. The van der Waals surface area contributed by atoms with Crippen LogP contribution in [0.25, 0.3) is 11.2 Å². The van der Waals surface area contributed by atoms with Crippen molar-refractivity contribution in [2.45, 2.75) is 39.3 Å². The smallest absolute Gasteiger partial charge is 0.333 e. The number of aryl methyl sites for hydroxylation is 1. The maximum Gasteiger partial charge on any atom is 0.333 e. The number of carbonyl (C=O) groups excluding carboxylic acids is 1. The highest BCUT2D eigenvalue weighted by Crippen LogP contribution is 2.19. The second-order valence-corrected chi connectivity index (χ2v) is 8.07. The predicted octanol–water partition coefficient (Wildman–Crippen LogP) is 3.09. The molecule has 0 aliphatic heterocycles. The molecule has 2 aromatic heterocycles. The Balaban J connectivity index is 1.99. The molecule has 3 rings (SSSR count). The lowest BCUT2D eigenvalue weighted by Gasteiger charge is -2.10. The summed E-state index contributed by atoms with van der Waals surface area (Å²) in [5, 5.41) is 0.607. The van der Waals surface area contributed by atoms with E-state index in [2.05, 4.69) is 20.9 Å². The molecule has 0 bridgehead atoms. The molecule has 0 aliphatic carbocycles. The summed E-state index contributed by atoms with van der Waals surface area (Å²) in [5.41, 5.74) is 0.137. The van der Waals surface area contributed by atoms with E-state index in [0.29, 0.717) is 16.3 Å². The third kappa shape index (κ3) is 4.67. The van der Waals surface area contributed by atoms with Crippen LogP contribution < -0.4 is 11.2 Å². The molecule has 0 unspecified atom stereocenters. The van der Waals surface area contributed by atoms with Gasteiger partial charge in [-0.3, -0.25) is 14.2 Å². The van der Waals surface area contributed by atoms with Crippen LogP contribution >= 0.6 is 27.5 Å². The van der Waals surface area contributed by atoms with E-state index >= 15 is 0 Å². The highest BCUT2D eigenvalue weighted by Gasteiger charge is 2.21. The number of carbonyl (C=O) groups is 1. The van der Waals surface area contributed by atoms with Gasteiger partial charge in [0.05, 0.1) is 13.2 Å². The number of benzene rings is 1. The van der Waals surface area contributed by atoms with E-state index in [4.69, 9.17) is 16.3 Å². The summed E-state index contributed by atoms with van der Waals surface area (Å²) in [7, 11) is 1.51. The van der Waals surface area contributed by atoms with E-state index in [1.54, 1.807) is 16.7 Å². The van der Waals surface area contributed by atoms with Crippen LogP contribution in [0.5, 0.6) is 0 Å². The monoisotopic (exact) mass is 496 g/mol. The number of fused-ring (bicyclic) bond motifs is 1. The molecule has 2 heterocycles. The SMILES string of the molecule is CCCCCOC(=O)Cn1c(=O)c2c(nc(Br)n2Cc2ccc(Cl)cc2)n(C)c1=O. The summed E-state index contributed by atoms with van der Waals surface area (Å²) in [4.78, 5) is 42.3. The van der Waals surface area contributed by atoms with Gasteiger partial charge in [0.15, 0.2) is 15.9 Å². The van der Waals surface area contributed by atoms with Crippen molar-refractivity contribution < 1.29 is 9.53 Å². The fourth-order valence-corrected chi connectivity index (χ4v) is 3.71. The molecule has 0 saturated carbocycles. The summed E-state index contributed by atoms with van der Waals surface area (Å²) in [6, 6.07) is 7.20. The lowest BCUT2D eigenvalue weighted by atomic mass is 10.2. The first kappa shape index (κ1) is 22.3. The normalized spacial score (nSPS) is 11.2. The molecular weight excluding hydrogens is 476 g/mol. The average Bonchev–Trinajstić information content (AvgIpc) is 3.05. The Hall–Kier alpha value is -2.39. The molecular formula is C20H22BrClN4O4. The van der Waals surface area contributed by atoms with Crippen LogP contribution in [-0.2, 0) is 29.7 Å². The molecule has 0 fully saturated rings. The molecule has 0 saturated heterocycles. The van der Waals surface area contributed by atoms with Crippen LogP contribution in [0.1, 0.15) is 31.7 Å². The summed E-state index contributed by atoms with van der Waals surface area (Å²) in [6.45, 7) is 2.20. The van der Waals surface area contributed by atoms with Crippen LogP contribution in [0, 0.1) is 0 Å². The number of imidazole rings is 1. The molecule has 0 radical (unpaired) electrons. The van der Waals surface area contributed by atoms with E-state index in [1.165, 1.54) is 11.6 Å². The fourth-order valence-electron chi connectivity index (χ4n) is 3.11. The van der Waals surface area contributed by atoms with Crippen LogP contribution in [0.15, 0.2) is 38.6 Å². The molecule has 8 nitrogen and oxygen atoms in total. The van der Waals surface area contributed by atoms with Gasteiger partial charge in [0.1, 0.15) is 6.54 Å². The minimum Gasteiger partial charge on any atom is -0.464 e. The van der Waals surface area contributed by atoms with Gasteiger partial charge in [-0.15, -0.1) is 0 Å². The molecule has 0 N–H and O–H groups in total. The van der Waals surface area contributed by atoms with Crippen molar-refractivity contribution in [2.24, 2.45) is 7.05 Å². The molecule has 0 atom stereocenters. The third-order valence-corrected chi connectivity index (χ3v) is 5.60. The number of ether oxygens (including phenoxy) is 1. The maximum atomic E-state index is 13.1. The topological polar surface area (TPSA) is 88.1 Å². The van der Waals surface area contributed by atoms with Crippen molar-refractivity contribution in [3.8, 4) is 0 Å². The molecule has 3 aromatic rings. The minimum atomic E-state index is -0.623. The summed E-state index contributed by atoms with van der Waals surface area (Å²) in [5.74, 6) is -0.618. The minimum absolute atomic E-state index is 0.220. The zero-order chi connectivity index (χ0) is 21.8. The lowest BCUT2D eigenvalue weighted by molar-refractivity contribution is -0.144. The highest BCUT2D eigenvalue weighted by molar-refractivity contribution is 9.10. The largest absolute Gasteiger partial charge is 0.464 e. The van der Waals surface area contributed by atoms with E-state index in [9.17, 15) is 14.4 Å². The molecule has 160 valence electrons. The highest BCUT2D eigenvalue weighted by atomic mass is 79.9. The predicted molar refractivity (Wildman–Crippen MR) is 118 cm³/mol. The quantitative estimate of drug-likeness (QED) is 0.271. The van der Waals surface area contributed by atoms with E-state index in [1.807, 2.05) is 19.1 Å². The second kappa shape index (κ2) is 9.61. The first-order chi connectivity index (χ1) is 14.3. The number of aromatic nitrogens is 4. The first-order valence-corrected chi connectivity index (χ1v) is 10.8. The fraction of sp³-hybridized carbons (Fsp3) is 0.400. The second-order valence-electron chi connectivity index (χ2n) is 6.93. The van der Waals surface area contributed by atoms with Crippen LogP contribution in [0.3, 0.4) is 0 Å². The van der Waals surface area contributed by atoms with Crippen LogP contribution in [0.4, 0.5) is 0 Å². The van der Waals surface area contributed by atoms with Crippen LogP contribution in [0.2, 0.25) is 5.02 Å². The zero-order valence-corrected chi connectivity index (χ0v) is 19.1. The number of rotatable bonds is 8.